The van der Waals surface area contributed by atoms with Crippen LogP contribution in [-0.2, 0) is 0 Å². The van der Waals surface area contributed by atoms with Crippen molar-refractivity contribution in [3.63, 3.8) is 0 Å². The number of carbonyl (C=O) groups excluding carboxylic acids is 1. The van der Waals surface area contributed by atoms with Gasteiger partial charge in [-0.1, -0.05) is 39.7 Å². The second-order valence-electron chi connectivity index (χ2n) is 7.28. The van der Waals surface area contributed by atoms with Crippen molar-refractivity contribution in [2.45, 2.75) is 13.0 Å². The predicted molar refractivity (Wildman–Crippen MR) is 116 cm³/mol. The first-order chi connectivity index (χ1) is 14.4. The van der Waals surface area contributed by atoms with Gasteiger partial charge in [0.1, 0.15) is 11.4 Å². The quantitative estimate of drug-likeness (QED) is 0.380. The Morgan fingerprint density at radius 3 is 2.50 bits per heavy atom. The second kappa shape index (κ2) is 6.92. The predicted octanol–water partition coefficient (Wildman–Crippen LogP) is 5.75. The van der Waals surface area contributed by atoms with Crippen molar-refractivity contribution in [1.29, 1.82) is 0 Å². The zero-order chi connectivity index (χ0) is 21.0. The Labute approximate surface area is 179 Å². The molecule has 1 aliphatic heterocycles. The Morgan fingerprint density at radius 1 is 1.00 bits per heavy atom. The third-order valence-corrected chi connectivity index (χ3v) is 5.79. The van der Waals surface area contributed by atoms with Gasteiger partial charge in [-0.2, -0.15) is 0 Å². The Hall–Kier alpha value is -3.25. The molecular formula is C24H15BrFNO3. The number of fused-ring (bicyclic) bond motifs is 2. The lowest BCUT2D eigenvalue weighted by Gasteiger charge is -2.25. The van der Waals surface area contributed by atoms with E-state index in [0.717, 1.165) is 15.6 Å². The van der Waals surface area contributed by atoms with Crippen LogP contribution >= 0.6 is 15.9 Å². The van der Waals surface area contributed by atoms with Crippen LogP contribution in [0.15, 0.2) is 80.4 Å². The third kappa shape index (κ3) is 2.87. The van der Waals surface area contributed by atoms with E-state index in [9.17, 15) is 14.0 Å². The lowest BCUT2D eigenvalue weighted by molar-refractivity contribution is 0.0971. The van der Waals surface area contributed by atoms with Crippen molar-refractivity contribution in [2.24, 2.45) is 0 Å². The summed E-state index contributed by atoms with van der Waals surface area (Å²) in [5, 5.41) is 0.433. The highest BCUT2D eigenvalue weighted by atomic mass is 79.9. The fourth-order valence-electron chi connectivity index (χ4n) is 3.95. The van der Waals surface area contributed by atoms with E-state index < -0.39 is 17.8 Å². The van der Waals surface area contributed by atoms with E-state index in [2.05, 4.69) is 15.9 Å². The number of hydrogen-bond acceptors (Lipinski definition) is 3. The topological polar surface area (TPSA) is 50.5 Å². The maximum atomic E-state index is 13.5. The first-order valence-electron chi connectivity index (χ1n) is 9.36. The fourth-order valence-corrected chi connectivity index (χ4v) is 4.36. The van der Waals surface area contributed by atoms with Crippen LogP contribution in [-0.4, -0.2) is 5.91 Å². The molecule has 0 radical (unpaired) electrons. The lowest BCUT2D eigenvalue weighted by Crippen LogP contribution is -2.29. The Morgan fingerprint density at radius 2 is 1.77 bits per heavy atom. The number of hydrogen-bond donors (Lipinski definition) is 0. The minimum atomic E-state index is -0.684. The van der Waals surface area contributed by atoms with Gasteiger partial charge in [-0.3, -0.25) is 14.5 Å². The van der Waals surface area contributed by atoms with Crippen LogP contribution in [0, 0.1) is 12.7 Å². The van der Waals surface area contributed by atoms with E-state index in [1.165, 1.54) is 29.2 Å². The summed E-state index contributed by atoms with van der Waals surface area (Å²) < 4.78 is 20.3. The molecule has 30 heavy (non-hydrogen) atoms. The highest BCUT2D eigenvalue weighted by Gasteiger charge is 2.43. The summed E-state index contributed by atoms with van der Waals surface area (Å²) >= 11 is 3.46. The molecule has 1 amide bonds. The Kier molecular flexibility index (Phi) is 4.33. The van der Waals surface area contributed by atoms with Gasteiger partial charge in [0, 0.05) is 10.2 Å². The van der Waals surface area contributed by atoms with E-state index in [1.807, 2.05) is 37.3 Å². The molecule has 4 aromatic rings. The molecule has 0 aliphatic carbocycles. The monoisotopic (exact) mass is 463 g/mol. The van der Waals surface area contributed by atoms with Gasteiger partial charge in [0.25, 0.3) is 5.91 Å². The Bertz CT molecular complexity index is 1380. The Balaban J connectivity index is 1.83. The van der Waals surface area contributed by atoms with Gasteiger partial charge in [-0.15, -0.1) is 0 Å². The van der Waals surface area contributed by atoms with E-state index in [1.54, 1.807) is 12.1 Å². The van der Waals surface area contributed by atoms with Gasteiger partial charge in [-0.25, -0.2) is 4.39 Å². The van der Waals surface area contributed by atoms with Gasteiger partial charge in [-0.05, 0) is 61.0 Å². The number of carbonyl (C=O) groups is 1. The minimum Gasteiger partial charge on any atom is -0.450 e. The maximum Gasteiger partial charge on any atom is 0.295 e. The number of anilines is 1. The largest absolute Gasteiger partial charge is 0.450 e. The molecule has 4 nitrogen and oxygen atoms in total. The standard InChI is InChI=1S/C24H15BrFNO3/c1-13-5-10-19-18(11-13)22(28)20-21(14-3-2-4-15(25)12-14)27(24(29)23(20)30-19)17-8-6-16(26)7-9-17/h2-12,21H,1H3. The van der Waals surface area contributed by atoms with Crippen molar-refractivity contribution in [1.82, 2.24) is 0 Å². The second-order valence-corrected chi connectivity index (χ2v) is 8.20. The van der Waals surface area contributed by atoms with Crippen LogP contribution in [0.2, 0.25) is 0 Å². The maximum absolute atomic E-state index is 13.5. The molecule has 3 aromatic carbocycles. The van der Waals surface area contributed by atoms with Crippen LogP contribution in [0.5, 0.6) is 0 Å². The van der Waals surface area contributed by atoms with Crippen molar-refractivity contribution < 1.29 is 13.6 Å². The molecular weight excluding hydrogens is 449 g/mol. The molecule has 2 heterocycles. The summed E-state index contributed by atoms with van der Waals surface area (Å²) in [5.41, 5.74) is 2.58. The first-order valence-corrected chi connectivity index (χ1v) is 10.2. The molecule has 0 saturated carbocycles. The molecule has 1 unspecified atom stereocenters. The van der Waals surface area contributed by atoms with Crippen molar-refractivity contribution in [3.8, 4) is 0 Å². The van der Waals surface area contributed by atoms with Crippen molar-refractivity contribution in [2.75, 3.05) is 4.90 Å². The summed E-state index contributed by atoms with van der Waals surface area (Å²) in [5.74, 6) is -0.816. The van der Waals surface area contributed by atoms with Crippen molar-refractivity contribution in [3.05, 3.63) is 110 Å². The molecule has 1 aromatic heterocycles. The van der Waals surface area contributed by atoms with Gasteiger partial charge in [0.15, 0.2) is 5.43 Å². The number of aryl methyl sites for hydroxylation is 1. The van der Waals surface area contributed by atoms with E-state index in [-0.39, 0.29) is 11.2 Å². The molecule has 0 spiro atoms. The average molecular weight is 464 g/mol. The molecule has 1 atom stereocenters. The van der Waals surface area contributed by atoms with E-state index in [0.29, 0.717) is 22.2 Å². The number of halogens is 2. The van der Waals surface area contributed by atoms with Gasteiger partial charge >= 0.3 is 0 Å². The summed E-state index contributed by atoms with van der Waals surface area (Å²) in [6.07, 6.45) is 0. The summed E-state index contributed by atoms with van der Waals surface area (Å²) in [6.45, 7) is 1.90. The third-order valence-electron chi connectivity index (χ3n) is 5.29. The smallest absolute Gasteiger partial charge is 0.295 e. The molecule has 0 N–H and O–H groups in total. The molecule has 6 heteroatoms. The molecule has 148 valence electrons. The fraction of sp³-hybridized carbons (Fsp3) is 0.0833. The minimum absolute atomic E-state index is 0.0191. The zero-order valence-electron chi connectivity index (χ0n) is 15.9. The first kappa shape index (κ1) is 18.8. The van der Waals surface area contributed by atoms with Crippen LogP contribution in [0.4, 0.5) is 10.1 Å². The van der Waals surface area contributed by atoms with Gasteiger partial charge in [0.2, 0.25) is 5.76 Å². The molecule has 1 aliphatic rings. The van der Waals surface area contributed by atoms with Crippen LogP contribution in [0.3, 0.4) is 0 Å². The number of benzene rings is 3. The van der Waals surface area contributed by atoms with Crippen LogP contribution in [0.25, 0.3) is 11.0 Å². The van der Waals surface area contributed by atoms with Gasteiger partial charge < -0.3 is 4.42 Å². The summed E-state index contributed by atoms with van der Waals surface area (Å²) in [6, 6.07) is 17.7. The summed E-state index contributed by atoms with van der Waals surface area (Å²) in [4.78, 5) is 28.4. The molecule has 5 rings (SSSR count). The zero-order valence-corrected chi connectivity index (χ0v) is 17.4. The lowest BCUT2D eigenvalue weighted by atomic mass is 9.98. The molecule has 0 bridgehead atoms. The number of rotatable bonds is 2. The van der Waals surface area contributed by atoms with E-state index >= 15 is 0 Å². The highest BCUT2D eigenvalue weighted by Crippen LogP contribution is 2.41. The average Bonchev–Trinajstić information content (AvgIpc) is 3.02. The molecule has 0 fully saturated rings. The highest BCUT2D eigenvalue weighted by molar-refractivity contribution is 9.10. The summed E-state index contributed by atoms with van der Waals surface area (Å²) in [7, 11) is 0. The van der Waals surface area contributed by atoms with Crippen LogP contribution < -0.4 is 10.3 Å². The van der Waals surface area contributed by atoms with Crippen LogP contribution in [0.1, 0.15) is 33.3 Å². The number of amides is 1. The molecule has 0 saturated heterocycles. The normalized spacial score (nSPS) is 15.6. The number of nitrogens with zero attached hydrogens (tertiary/aromatic N) is 1. The van der Waals surface area contributed by atoms with Gasteiger partial charge in [0.05, 0.1) is 17.0 Å². The SMILES string of the molecule is Cc1ccc2oc3c(c(=O)c2c1)C(c1cccc(Br)c1)N(c1ccc(F)cc1)C3=O. The van der Waals surface area contributed by atoms with E-state index in [4.69, 9.17) is 4.42 Å². The van der Waals surface area contributed by atoms with Crippen molar-refractivity contribution >= 4 is 38.5 Å².